The van der Waals surface area contributed by atoms with Gasteiger partial charge >= 0.3 is 0 Å². The quantitative estimate of drug-likeness (QED) is 0.650. The van der Waals surface area contributed by atoms with Crippen LogP contribution in [0.5, 0.6) is 0 Å². The van der Waals surface area contributed by atoms with E-state index >= 15 is 0 Å². The van der Waals surface area contributed by atoms with Gasteiger partial charge in [-0.2, -0.15) is 5.10 Å². The molecule has 0 aliphatic rings. The van der Waals surface area contributed by atoms with Crippen molar-refractivity contribution in [2.24, 2.45) is 5.92 Å². The highest BCUT2D eigenvalue weighted by atomic mass is 32.2. The SMILES string of the molecule is CCC(CC)C(O)CNS(=O)(=O)c1cn(CC)nc1N. The minimum atomic E-state index is -3.74. The van der Waals surface area contributed by atoms with Crippen LogP contribution in [0.2, 0.25) is 0 Å². The van der Waals surface area contributed by atoms with Crippen molar-refractivity contribution in [3.8, 4) is 0 Å². The highest BCUT2D eigenvalue weighted by Gasteiger charge is 2.23. The van der Waals surface area contributed by atoms with Gasteiger partial charge in [-0.05, 0) is 12.8 Å². The number of nitrogens with zero attached hydrogens (tertiary/aromatic N) is 2. The van der Waals surface area contributed by atoms with E-state index in [4.69, 9.17) is 5.73 Å². The number of nitrogen functional groups attached to an aromatic ring is 1. The summed E-state index contributed by atoms with van der Waals surface area (Å²) in [5.41, 5.74) is 5.61. The Morgan fingerprint density at radius 2 is 2.00 bits per heavy atom. The van der Waals surface area contributed by atoms with Gasteiger partial charge in [0.2, 0.25) is 10.0 Å². The van der Waals surface area contributed by atoms with Crippen LogP contribution in [0.25, 0.3) is 0 Å². The first kappa shape index (κ1) is 16.9. The zero-order chi connectivity index (χ0) is 15.3. The molecule has 0 fully saturated rings. The molecule has 1 rings (SSSR count). The van der Waals surface area contributed by atoms with Crippen LogP contribution < -0.4 is 10.5 Å². The number of hydrogen-bond acceptors (Lipinski definition) is 5. The van der Waals surface area contributed by atoms with E-state index in [1.807, 2.05) is 20.8 Å². The van der Waals surface area contributed by atoms with E-state index in [1.54, 1.807) is 0 Å². The van der Waals surface area contributed by atoms with Gasteiger partial charge in [-0.15, -0.1) is 0 Å². The summed E-state index contributed by atoms with van der Waals surface area (Å²) in [4.78, 5) is -0.0453. The Labute approximate surface area is 120 Å². The molecule has 4 N–H and O–H groups in total. The fourth-order valence-corrected chi connectivity index (χ4v) is 3.18. The van der Waals surface area contributed by atoms with Crippen molar-refractivity contribution in [2.45, 2.75) is 51.2 Å². The van der Waals surface area contributed by atoms with Gasteiger partial charge < -0.3 is 10.8 Å². The van der Waals surface area contributed by atoms with E-state index in [-0.39, 0.29) is 23.2 Å². The van der Waals surface area contributed by atoms with E-state index in [1.165, 1.54) is 10.9 Å². The van der Waals surface area contributed by atoms with E-state index < -0.39 is 16.1 Å². The van der Waals surface area contributed by atoms with E-state index in [2.05, 4.69) is 9.82 Å². The molecule has 116 valence electrons. The van der Waals surface area contributed by atoms with E-state index in [9.17, 15) is 13.5 Å². The minimum absolute atomic E-state index is 0.0224. The molecule has 1 heterocycles. The standard InChI is InChI=1S/C12H24N4O3S/c1-4-9(5-2)10(17)7-14-20(18,19)11-8-16(6-3)15-12(11)13/h8-10,14,17H,4-7H2,1-3H3,(H2,13,15). The first-order valence-corrected chi connectivity index (χ1v) is 8.34. The lowest BCUT2D eigenvalue weighted by molar-refractivity contribution is 0.107. The molecule has 0 saturated heterocycles. The molecule has 0 bridgehead atoms. The number of hydrogen-bond donors (Lipinski definition) is 3. The molecule has 1 atom stereocenters. The Bertz CT molecular complexity index is 523. The molecule has 0 radical (unpaired) electrons. The third-order valence-electron chi connectivity index (χ3n) is 3.44. The first-order valence-electron chi connectivity index (χ1n) is 6.86. The van der Waals surface area contributed by atoms with E-state index in [0.29, 0.717) is 6.54 Å². The summed E-state index contributed by atoms with van der Waals surface area (Å²) in [5, 5.41) is 13.9. The Morgan fingerprint density at radius 3 is 2.45 bits per heavy atom. The molecule has 8 heteroatoms. The fraction of sp³-hybridized carbons (Fsp3) is 0.750. The third-order valence-corrected chi connectivity index (χ3v) is 4.88. The zero-order valence-electron chi connectivity index (χ0n) is 12.2. The van der Waals surface area contributed by atoms with Crippen LogP contribution in [-0.4, -0.2) is 36.0 Å². The number of sulfonamides is 1. The highest BCUT2D eigenvalue weighted by molar-refractivity contribution is 7.89. The predicted octanol–water partition coefficient (Wildman–Crippen LogP) is 0.561. The van der Waals surface area contributed by atoms with Crippen molar-refractivity contribution < 1.29 is 13.5 Å². The lowest BCUT2D eigenvalue weighted by Crippen LogP contribution is -2.36. The molecule has 1 aromatic heterocycles. The maximum Gasteiger partial charge on any atom is 0.245 e. The van der Waals surface area contributed by atoms with Gasteiger partial charge in [0.1, 0.15) is 4.90 Å². The van der Waals surface area contributed by atoms with E-state index in [0.717, 1.165) is 12.8 Å². The molecule has 0 amide bonds. The lowest BCUT2D eigenvalue weighted by atomic mass is 9.97. The summed E-state index contributed by atoms with van der Waals surface area (Å²) in [5.74, 6) is 0.0461. The molecule has 1 unspecified atom stereocenters. The summed E-state index contributed by atoms with van der Waals surface area (Å²) in [6, 6.07) is 0. The average Bonchev–Trinajstić information content (AvgIpc) is 2.80. The van der Waals surface area contributed by atoms with Crippen LogP contribution in [0.1, 0.15) is 33.6 Å². The monoisotopic (exact) mass is 304 g/mol. The number of aromatic nitrogens is 2. The summed E-state index contributed by atoms with van der Waals surface area (Å²) in [6.07, 6.45) is 2.29. The maximum atomic E-state index is 12.1. The second-order valence-electron chi connectivity index (χ2n) is 4.73. The van der Waals surface area contributed by atoms with Crippen LogP contribution in [0.4, 0.5) is 5.82 Å². The molecule has 0 aliphatic carbocycles. The molecule has 0 aromatic carbocycles. The number of anilines is 1. The van der Waals surface area contributed by atoms with Crippen LogP contribution >= 0.6 is 0 Å². The second-order valence-corrected chi connectivity index (χ2v) is 6.47. The Kier molecular flexibility index (Phi) is 5.97. The van der Waals surface area contributed by atoms with Gasteiger partial charge in [0.15, 0.2) is 5.82 Å². The fourth-order valence-electron chi connectivity index (χ4n) is 2.06. The first-order chi connectivity index (χ1) is 9.35. The summed E-state index contributed by atoms with van der Waals surface area (Å²) < 4.78 is 28.1. The normalized spacial score (nSPS) is 13.8. The predicted molar refractivity (Wildman–Crippen MR) is 77.6 cm³/mol. The summed E-state index contributed by atoms with van der Waals surface area (Å²) in [7, 11) is -3.74. The van der Waals surface area contributed by atoms with Crippen molar-refractivity contribution in [3.63, 3.8) is 0 Å². The van der Waals surface area contributed by atoms with Crippen LogP contribution in [0, 0.1) is 5.92 Å². The molecule has 7 nitrogen and oxygen atoms in total. The molecule has 20 heavy (non-hydrogen) atoms. The highest BCUT2D eigenvalue weighted by Crippen LogP contribution is 2.17. The number of aliphatic hydroxyl groups excluding tert-OH is 1. The van der Waals surface area contributed by atoms with Crippen molar-refractivity contribution in [1.29, 1.82) is 0 Å². The van der Waals surface area contributed by atoms with Gasteiger partial charge in [-0.1, -0.05) is 26.7 Å². The molecule has 1 aromatic rings. The average molecular weight is 304 g/mol. The molecule has 0 aliphatic heterocycles. The number of aryl methyl sites for hydroxylation is 1. The third kappa shape index (κ3) is 3.94. The zero-order valence-corrected chi connectivity index (χ0v) is 13.0. The minimum Gasteiger partial charge on any atom is -0.391 e. The second kappa shape index (κ2) is 7.05. The molecule has 0 saturated carbocycles. The molecular formula is C12H24N4O3S. The van der Waals surface area contributed by atoms with Gasteiger partial charge in [0, 0.05) is 19.3 Å². The number of nitrogens with one attached hydrogen (secondary N) is 1. The summed E-state index contributed by atoms with van der Waals surface area (Å²) in [6.45, 7) is 6.29. The summed E-state index contributed by atoms with van der Waals surface area (Å²) >= 11 is 0. The van der Waals surface area contributed by atoms with Gasteiger partial charge in [0.25, 0.3) is 0 Å². The Hall–Kier alpha value is -1.12. The van der Waals surface area contributed by atoms with Crippen molar-refractivity contribution in [1.82, 2.24) is 14.5 Å². The van der Waals surface area contributed by atoms with Gasteiger partial charge in [-0.3, -0.25) is 4.68 Å². The van der Waals surface area contributed by atoms with Gasteiger partial charge in [0.05, 0.1) is 6.10 Å². The van der Waals surface area contributed by atoms with Crippen molar-refractivity contribution in [2.75, 3.05) is 12.3 Å². The van der Waals surface area contributed by atoms with Crippen molar-refractivity contribution in [3.05, 3.63) is 6.20 Å². The van der Waals surface area contributed by atoms with Gasteiger partial charge in [-0.25, -0.2) is 13.1 Å². The maximum absolute atomic E-state index is 12.1. The lowest BCUT2D eigenvalue weighted by Gasteiger charge is -2.20. The smallest absolute Gasteiger partial charge is 0.245 e. The number of aliphatic hydroxyl groups is 1. The molecule has 0 spiro atoms. The Morgan fingerprint density at radius 1 is 1.40 bits per heavy atom. The molecular weight excluding hydrogens is 280 g/mol. The van der Waals surface area contributed by atoms with Crippen molar-refractivity contribution >= 4 is 15.8 Å². The number of nitrogens with two attached hydrogens (primary N) is 1. The van der Waals surface area contributed by atoms with Crippen LogP contribution in [0.3, 0.4) is 0 Å². The van der Waals surface area contributed by atoms with Crippen LogP contribution in [-0.2, 0) is 16.6 Å². The number of rotatable bonds is 8. The van der Waals surface area contributed by atoms with Crippen LogP contribution in [0.15, 0.2) is 11.1 Å². The largest absolute Gasteiger partial charge is 0.391 e. The Balaban J connectivity index is 2.77. The topological polar surface area (TPSA) is 110 Å².